The molecule has 0 bridgehead atoms. The maximum absolute atomic E-state index is 11.8. The Hall–Kier alpha value is -3.02. The third kappa shape index (κ3) is 3.76. The van der Waals surface area contributed by atoms with Gasteiger partial charge in [-0.25, -0.2) is 5.43 Å². The van der Waals surface area contributed by atoms with Crippen molar-refractivity contribution in [2.75, 3.05) is 6.61 Å². The van der Waals surface area contributed by atoms with Crippen molar-refractivity contribution in [2.24, 2.45) is 5.10 Å². The molecule has 2 aromatic rings. The molecule has 2 rings (SSSR count). The van der Waals surface area contributed by atoms with E-state index in [1.54, 1.807) is 24.3 Å². The fourth-order valence-corrected chi connectivity index (χ4v) is 1.78. The van der Waals surface area contributed by atoms with Gasteiger partial charge in [0.2, 0.25) is 0 Å². The highest BCUT2D eigenvalue weighted by molar-refractivity contribution is 5.97. The van der Waals surface area contributed by atoms with Crippen LogP contribution in [-0.2, 0) is 0 Å². The summed E-state index contributed by atoms with van der Waals surface area (Å²) in [5.74, 6) is -0.0658. The van der Waals surface area contributed by atoms with E-state index in [-0.39, 0.29) is 17.1 Å². The average Bonchev–Trinajstić information content (AvgIpc) is 2.51. The second kappa shape index (κ2) is 7.12. The number of hydrazone groups is 1. The van der Waals surface area contributed by atoms with E-state index in [0.29, 0.717) is 17.9 Å². The number of rotatable bonds is 5. The molecular weight excluding hydrogens is 284 g/mol. The molecule has 114 valence electrons. The summed E-state index contributed by atoms with van der Waals surface area (Å²) in [4.78, 5) is 11.8. The maximum Gasteiger partial charge on any atom is 0.275 e. The van der Waals surface area contributed by atoms with E-state index in [0.717, 1.165) is 0 Å². The number of benzene rings is 2. The Labute approximate surface area is 127 Å². The van der Waals surface area contributed by atoms with Gasteiger partial charge < -0.3 is 14.9 Å². The van der Waals surface area contributed by atoms with Gasteiger partial charge >= 0.3 is 0 Å². The lowest BCUT2D eigenvalue weighted by Gasteiger charge is -2.05. The monoisotopic (exact) mass is 300 g/mol. The van der Waals surface area contributed by atoms with Crippen LogP contribution in [-0.4, -0.2) is 28.9 Å². The molecule has 0 aliphatic rings. The Morgan fingerprint density at radius 1 is 1.23 bits per heavy atom. The number of ether oxygens (including phenoxy) is 1. The van der Waals surface area contributed by atoms with Crippen molar-refractivity contribution in [1.29, 1.82) is 0 Å². The standard InChI is InChI=1S/C16H16N2O4/c1-2-22-12-7-8-14(19)11(9-12)10-17-18-16(21)13-5-3-4-6-15(13)20/h3-10,19-20H,2H2,1H3,(H,18,21)/b17-10-. The largest absolute Gasteiger partial charge is 0.507 e. The van der Waals surface area contributed by atoms with Crippen molar-refractivity contribution in [3.8, 4) is 17.2 Å². The molecular formula is C16H16N2O4. The molecule has 0 saturated heterocycles. The number of para-hydroxylation sites is 1. The predicted octanol–water partition coefficient (Wildman–Crippen LogP) is 2.26. The van der Waals surface area contributed by atoms with Gasteiger partial charge in [-0.1, -0.05) is 12.1 Å². The predicted molar refractivity (Wildman–Crippen MR) is 82.4 cm³/mol. The van der Waals surface area contributed by atoms with Crippen molar-refractivity contribution in [1.82, 2.24) is 5.43 Å². The summed E-state index contributed by atoms with van der Waals surface area (Å²) in [5, 5.41) is 23.1. The molecule has 0 unspecified atom stereocenters. The van der Waals surface area contributed by atoms with Gasteiger partial charge in [0.15, 0.2) is 0 Å². The third-order valence-corrected chi connectivity index (χ3v) is 2.83. The molecule has 0 saturated carbocycles. The number of nitrogens with zero attached hydrogens (tertiary/aromatic N) is 1. The zero-order valence-electron chi connectivity index (χ0n) is 12.0. The Kier molecular flexibility index (Phi) is 4.98. The van der Waals surface area contributed by atoms with Crippen LogP contribution in [0, 0.1) is 0 Å². The molecule has 0 heterocycles. The van der Waals surface area contributed by atoms with E-state index < -0.39 is 5.91 Å². The highest BCUT2D eigenvalue weighted by atomic mass is 16.5. The molecule has 22 heavy (non-hydrogen) atoms. The Bertz CT molecular complexity index is 698. The van der Waals surface area contributed by atoms with Crippen molar-refractivity contribution in [3.63, 3.8) is 0 Å². The first-order valence-electron chi connectivity index (χ1n) is 6.69. The molecule has 0 atom stereocenters. The maximum atomic E-state index is 11.8. The van der Waals surface area contributed by atoms with Crippen molar-refractivity contribution in [2.45, 2.75) is 6.92 Å². The van der Waals surface area contributed by atoms with Gasteiger partial charge in [-0.3, -0.25) is 4.79 Å². The van der Waals surface area contributed by atoms with Gasteiger partial charge in [0.1, 0.15) is 17.2 Å². The fraction of sp³-hybridized carbons (Fsp3) is 0.125. The number of hydrogen-bond acceptors (Lipinski definition) is 5. The highest BCUT2D eigenvalue weighted by Crippen LogP contribution is 2.21. The van der Waals surface area contributed by atoms with Crippen molar-refractivity contribution >= 4 is 12.1 Å². The minimum atomic E-state index is -0.546. The quantitative estimate of drug-likeness (QED) is 0.583. The number of hydrogen-bond donors (Lipinski definition) is 3. The number of aromatic hydroxyl groups is 2. The van der Waals surface area contributed by atoms with Crippen LogP contribution in [0.15, 0.2) is 47.6 Å². The third-order valence-electron chi connectivity index (χ3n) is 2.83. The van der Waals surface area contributed by atoms with Gasteiger partial charge in [0, 0.05) is 5.56 Å². The number of amides is 1. The number of phenolic OH excluding ortho intramolecular Hbond substituents is 2. The lowest BCUT2D eigenvalue weighted by Crippen LogP contribution is -2.17. The molecule has 6 nitrogen and oxygen atoms in total. The molecule has 3 N–H and O–H groups in total. The second-order valence-electron chi connectivity index (χ2n) is 4.37. The first-order valence-corrected chi connectivity index (χ1v) is 6.69. The minimum absolute atomic E-state index is 0.0176. The first-order chi connectivity index (χ1) is 10.6. The molecule has 0 spiro atoms. The average molecular weight is 300 g/mol. The Balaban J connectivity index is 2.08. The van der Waals surface area contributed by atoms with Gasteiger partial charge in [0.25, 0.3) is 5.91 Å². The van der Waals surface area contributed by atoms with Crippen LogP contribution in [0.2, 0.25) is 0 Å². The van der Waals surface area contributed by atoms with Crippen LogP contribution < -0.4 is 10.2 Å². The van der Waals surface area contributed by atoms with E-state index in [2.05, 4.69) is 10.5 Å². The van der Waals surface area contributed by atoms with Crippen LogP contribution in [0.3, 0.4) is 0 Å². The number of nitrogens with one attached hydrogen (secondary N) is 1. The van der Waals surface area contributed by atoms with Gasteiger partial charge in [-0.2, -0.15) is 5.10 Å². The summed E-state index contributed by atoms with van der Waals surface area (Å²) >= 11 is 0. The van der Waals surface area contributed by atoms with Crippen LogP contribution in [0.1, 0.15) is 22.8 Å². The van der Waals surface area contributed by atoms with Crippen LogP contribution in [0.25, 0.3) is 0 Å². The van der Waals surface area contributed by atoms with Crippen LogP contribution in [0.4, 0.5) is 0 Å². The molecule has 0 aliphatic heterocycles. The SMILES string of the molecule is CCOc1ccc(O)c(/C=N\NC(=O)c2ccccc2O)c1. The van der Waals surface area contributed by atoms with E-state index in [4.69, 9.17) is 4.74 Å². The summed E-state index contributed by atoms with van der Waals surface area (Å²) in [6.07, 6.45) is 1.30. The summed E-state index contributed by atoms with van der Waals surface area (Å²) in [5.41, 5.74) is 2.81. The molecule has 0 radical (unpaired) electrons. The van der Waals surface area contributed by atoms with E-state index in [9.17, 15) is 15.0 Å². The van der Waals surface area contributed by atoms with E-state index in [1.807, 2.05) is 6.92 Å². The molecule has 0 aliphatic carbocycles. The number of carbonyl (C=O) groups excluding carboxylic acids is 1. The Morgan fingerprint density at radius 3 is 2.73 bits per heavy atom. The molecule has 2 aromatic carbocycles. The molecule has 0 fully saturated rings. The normalized spacial score (nSPS) is 10.6. The fourth-order valence-electron chi connectivity index (χ4n) is 1.78. The van der Waals surface area contributed by atoms with Gasteiger partial charge in [-0.15, -0.1) is 0 Å². The lowest BCUT2D eigenvalue weighted by molar-refractivity contribution is 0.0952. The number of phenols is 2. The highest BCUT2D eigenvalue weighted by Gasteiger charge is 2.08. The van der Waals surface area contributed by atoms with Gasteiger partial charge in [0.05, 0.1) is 18.4 Å². The summed E-state index contributed by atoms with van der Waals surface area (Å²) in [6.45, 7) is 2.36. The summed E-state index contributed by atoms with van der Waals surface area (Å²) in [7, 11) is 0. The molecule has 0 aromatic heterocycles. The smallest absolute Gasteiger partial charge is 0.275 e. The van der Waals surface area contributed by atoms with Gasteiger partial charge in [-0.05, 0) is 37.3 Å². The zero-order valence-corrected chi connectivity index (χ0v) is 12.0. The lowest BCUT2D eigenvalue weighted by atomic mass is 10.2. The van der Waals surface area contributed by atoms with E-state index in [1.165, 1.54) is 24.4 Å². The van der Waals surface area contributed by atoms with Crippen LogP contribution >= 0.6 is 0 Å². The van der Waals surface area contributed by atoms with E-state index >= 15 is 0 Å². The van der Waals surface area contributed by atoms with Crippen molar-refractivity contribution in [3.05, 3.63) is 53.6 Å². The molecule has 6 heteroatoms. The molecule has 1 amide bonds. The van der Waals surface area contributed by atoms with Crippen molar-refractivity contribution < 1.29 is 19.7 Å². The van der Waals surface area contributed by atoms with Crippen LogP contribution in [0.5, 0.6) is 17.2 Å². The zero-order chi connectivity index (χ0) is 15.9. The Morgan fingerprint density at radius 2 is 2.00 bits per heavy atom. The first kappa shape index (κ1) is 15.4. The minimum Gasteiger partial charge on any atom is -0.507 e. The summed E-state index contributed by atoms with van der Waals surface area (Å²) in [6, 6.07) is 10.9. The summed E-state index contributed by atoms with van der Waals surface area (Å²) < 4.78 is 5.32. The topological polar surface area (TPSA) is 91.2 Å². The second-order valence-corrected chi connectivity index (χ2v) is 4.37. The number of carbonyl (C=O) groups is 1.